The predicted octanol–water partition coefficient (Wildman–Crippen LogP) is 3.16. The number of non-ortho nitro benzene ring substituents is 1. The molecule has 0 saturated heterocycles. The second-order valence-electron chi connectivity index (χ2n) is 6.14. The number of hydrogen-bond donors (Lipinski definition) is 3. The molecule has 1 aromatic heterocycles. The zero-order valence-electron chi connectivity index (χ0n) is 14.4. The summed E-state index contributed by atoms with van der Waals surface area (Å²) in [5.41, 5.74) is 4.08. The third kappa shape index (κ3) is 4.25. The van der Waals surface area contributed by atoms with Gasteiger partial charge >= 0.3 is 0 Å². The number of carbonyl (C=O) groups is 1. The maximum atomic E-state index is 11.9. The van der Waals surface area contributed by atoms with Crippen molar-refractivity contribution in [2.75, 3.05) is 18.4 Å². The molecule has 0 radical (unpaired) electrons. The molecule has 0 fully saturated rings. The molecule has 3 N–H and O–H groups in total. The minimum atomic E-state index is -0.473. The van der Waals surface area contributed by atoms with Gasteiger partial charge < -0.3 is 15.6 Å². The SMILES string of the molecule is Cc1ccc2[nH]cc(CCNCC(=O)Nc3ccc([N+](=O)[O-])cc3)c2c1. The van der Waals surface area contributed by atoms with E-state index in [1.165, 1.54) is 40.8 Å². The number of aryl methyl sites for hydroxylation is 1. The summed E-state index contributed by atoms with van der Waals surface area (Å²) in [6, 6.07) is 12.1. The number of nitrogens with one attached hydrogen (secondary N) is 3. The molecule has 0 aliphatic carbocycles. The molecule has 0 atom stereocenters. The summed E-state index contributed by atoms with van der Waals surface area (Å²) < 4.78 is 0. The number of H-pyrrole nitrogens is 1. The molecular formula is C19H20N4O3. The van der Waals surface area contributed by atoms with Crippen molar-refractivity contribution in [1.82, 2.24) is 10.3 Å². The van der Waals surface area contributed by atoms with E-state index in [2.05, 4.69) is 40.7 Å². The number of aromatic amines is 1. The van der Waals surface area contributed by atoms with Crippen LogP contribution in [0, 0.1) is 17.0 Å². The lowest BCUT2D eigenvalue weighted by atomic mass is 10.1. The quantitative estimate of drug-likeness (QED) is 0.345. The fraction of sp³-hybridized carbons (Fsp3) is 0.211. The first-order valence-electron chi connectivity index (χ1n) is 8.34. The van der Waals surface area contributed by atoms with Crippen LogP contribution in [0.3, 0.4) is 0 Å². The van der Waals surface area contributed by atoms with Gasteiger partial charge in [0.05, 0.1) is 11.5 Å². The molecule has 134 valence electrons. The van der Waals surface area contributed by atoms with Gasteiger partial charge in [0.1, 0.15) is 0 Å². The van der Waals surface area contributed by atoms with Gasteiger partial charge in [-0.3, -0.25) is 14.9 Å². The summed E-state index contributed by atoms with van der Waals surface area (Å²) in [7, 11) is 0. The Hall–Kier alpha value is -3.19. The summed E-state index contributed by atoms with van der Waals surface area (Å²) >= 11 is 0. The van der Waals surface area contributed by atoms with Gasteiger partial charge in [0, 0.05) is 34.9 Å². The predicted molar refractivity (Wildman–Crippen MR) is 101 cm³/mol. The first kappa shape index (κ1) is 17.6. The average molecular weight is 352 g/mol. The number of amides is 1. The number of rotatable bonds is 7. The highest BCUT2D eigenvalue weighted by molar-refractivity contribution is 5.92. The molecule has 7 nitrogen and oxygen atoms in total. The average Bonchev–Trinajstić information content (AvgIpc) is 3.01. The van der Waals surface area contributed by atoms with E-state index in [0.29, 0.717) is 12.2 Å². The Labute approximate surface area is 150 Å². The zero-order chi connectivity index (χ0) is 18.5. The van der Waals surface area contributed by atoms with Crippen LogP contribution < -0.4 is 10.6 Å². The van der Waals surface area contributed by atoms with E-state index in [4.69, 9.17) is 0 Å². The van der Waals surface area contributed by atoms with Gasteiger partial charge in [-0.25, -0.2) is 0 Å². The van der Waals surface area contributed by atoms with E-state index in [9.17, 15) is 14.9 Å². The number of fused-ring (bicyclic) bond motifs is 1. The lowest BCUT2D eigenvalue weighted by Gasteiger charge is -2.06. The third-order valence-electron chi connectivity index (χ3n) is 4.14. The number of nitro groups is 1. The monoisotopic (exact) mass is 352 g/mol. The highest BCUT2D eigenvalue weighted by Gasteiger charge is 2.07. The number of nitro benzene ring substituents is 1. The van der Waals surface area contributed by atoms with Crippen molar-refractivity contribution < 1.29 is 9.72 Å². The van der Waals surface area contributed by atoms with Crippen LogP contribution in [0.2, 0.25) is 0 Å². The van der Waals surface area contributed by atoms with Gasteiger partial charge in [-0.1, -0.05) is 11.6 Å². The van der Waals surface area contributed by atoms with E-state index in [-0.39, 0.29) is 18.1 Å². The van der Waals surface area contributed by atoms with E-state index < -0.39 is 4.92 Å². The van der Waals surface area contributed by atoms with Crippen molar-refractivity contribution in [3.63, 3.8) is 0 Å². The van der Waals surface area contributed by atoms with E-state index in [1.54, 1.807) is 0 Å². The molecule has 3 aromatic rings. The van der Waals surface area contributed by atoms with Crippen LogP contribution in [0.5, 0.6) is 0 Å². The standard InChI is InChI=1S/C19H20N4O3/c1-13-2-7-18-17(10-13)14(11-21-18)8-9-20-12-19(24)22-15-3-5-16(6-4-15)23(25)26/h2-7,10-11,20-21H,8-9,12H2,1H3,(H,22,24). The third-order valence-corrected chi connectivity index (χ3v) is 4.14. The molecule has 0 aliphatic heterocycles. The maximum Gasteiger partial charge on any atom is 0.269 e. The van der Waals surface area contributed by atoms with Gasteiger partial charge in [0.25, 0.3) is 5.69 Å². The van der Waals surface area contributed by atoms with Crippen molar-refractivity contribution in [3.05, 3.63) is 69.9 Å². The number of aromatic nitrogens is 1. The van der Waals surface area contributed by atoms with E-state index >= 15 is 0 Å². The molecule has 3 rings (SSSR count). The van der Waals surface area contributed by atoms with Crippen molar-refractivity contribution in [1.29, 1.82) is 0 Å². The molecule has 0 bridgehead atoms. The maximum absolute atomic E-state index is 11.9. The fourth-order valence-corrected chi connectivity index (χ4v) is 2.80. The smallest absolute Gasteiger partial charge is 0.269 e. The van der Waals surface area contributed by atoms with Gasteiger partial charge in [-0.05, 0) is 49.7 Å². The molecule has 26 heavy (non-hydrogen) atoms. The number of carbonyl (C=O) groups excluding carboxylic acids is 1. The molecule has 0 spiro atoms. The molecule has 0 aliphatic rings. The largest absolute Gasteiger partial charge is 0.361 e. The van der Waals surface area contributed by atoms with Gasteiger partial charge in [-0.2, -0.15) is 0 Å². The Bertz CT molecular complexity index is 932. The second-order valence-corrected chi connectivity index (χ2v) is 6.14. The van der Waals surface area contributed by atoms with Crippen LogP contribution in [0.25, 0.3) is 10.9 Å². The molecule has 1 heterocycles. The second kappa shape index (κ2) is 7.79. The van der Waals surface area contributed by atoms with Crippen LogP contribution in [-0.2, 0) is 11.2 Å². The fourth-order valence-electron chi connectivity index (χ4n) is 2.80. The van der Waals surface area contributed by atoms with Gasteiger partial charge in [0.15, 0.2) is 0 Å². The molecular weight excluding hydrogens is 332 g/mol. The van der Waals surface area contributed by atoms with Crippen molar-refractivity contribution in [2.24, 2.45) is 0 Å². The number of anilines is 1. The van der Waals surface area contributed by atoms with Gasteiger partial charge in [0.2, 0.25) is 5.91 Å². The number of nitrogens with zero attached hydrogens (tertiary/aromatic N) is 1. The lowest BCUT2D eigenvalue weighted by Crippen LogP contribution is -2.29. The Morgan fingerprint density at radius 2 is 1.96 bits per heavy atom. The normalized spacial score (nSPS) is 10.8. The summed E-state index contributed by atoms with van der Waals surface area (Å²) in [5, 5.41) is 17.7. The Morgan fingerprint density at radius 3 is 2.69 bits per heavy atom. The Balaban J connectivity index is 1.46. The van der Waals surface area contributed by atoms with Gasteiger partial charge in [-0.15, -0.1) is 0 Å². The van der Waals surface area contributed by atoms with E-state index in [1.807, 2.05) is 6.20 Å². The van der Waals surface area contributed by atoms with E-state index in [0.717, 1.165) is 11.9 Å². The molecule has 2 aromatic carbocycles. The minimum absolute atomic E-state index is 0.00455. The lowest BCUT2D eigenvalue weighted by molar-refractivity contribution is -0.384. The highest BCUT2D eigenvalue weighted by atomic mass is 16.6. The molecule has 0 unspecified atom stereocenters. The first-order valence-corrected chi connectivity index (χ1v) is 8.34. The Kier molecular flexibility index (Phi) is 5.28. The first-order chi connectivity index (χ1) is 12.5. The van der Waals surface area contributed by atoms with Crippen LogP contribution >= 0.6 is 0 Å². The highest BCUT2D eigenvalue weighted by Crippen LogP contribution is 2.20. The number of benzene rings is 2. The number of hydrogen-bond acceptors (Lipinski definition) is 4. The van der Waals surface area contributed by atoms with Crippen molar-refractivity contribution >= 4 is 28.2 Å². The van der Waals surface area contributed by atoms with Crippen LogP contribution in [0.15, 0.2) is 48.7 Å². The summed E-state index contributed by atoms with van der Waals surface area (Å²) in [5.74, 6) is -0.186. The molecule has 7 heteroatoms. The molecule has 0 saturated carbocycles. The zero-order valence-corrected chi connectivity index (χ0v) is 14.4. The Morgan fingerprint density at radius 1 is 1.19 bits per heavy atom. The molecule has 1 amide bonds. The van der Waals surface area contributed by atoms with Crippen LogP contribution in [0.4, 0.5) is 11.4 Å². The van der Waals surface area contributed by atoms with Crippen LogP contribution in [-0.4, -0.2) is 28.9 Å². The summed E-state index contributed by atoms with van der Waals surface area (Å²) in [6.45, 7) is 2.92. The summed E-state index contributed by atoms with van der Waals surface area (Å²) in [6.07, 6.45) is 2.82. The minimum Gasteiger partial charge on any atom is -0.361 e. The topological polar surface area (TPSA) is 100 Å². The van der Waals surface area contributed by atoms with Crippen molar-refractivity contribution in [2.45, 2.75) is 13.3 Å². The van der Waals surface area contributed by atoms with Crippen molar-refractivity contribution in [3.8, 4) is 0 Å². The van der Waals surface area contributed by atoms with Crippen LogP contribution in [0.1, 0.15) is 11.1 Å². The summed E-state index contributed by atoms with van der Waals surface area (Å²) in [4.78, 5) is 25.3.